The molecule has 0 spiro atoms. The van der Waals surface area contributed by atoms with Crippen LogP contribution in [0.15, 0.2) is 24.3 Å². The Kier molecular flexibility index (Phi) is 4.16. The van der Waals surface area contributed by atoms with Crippen molar-refractivity contribution in [2.24, 2.45) is 0 Å². The molecule has 1 heterocycles. The summed E-state index contributed by atoms with van der Waals surface area (Å²) in [5.41, 5.74) is 0.659. The SMILES string of the molecule is COC(=O)CCc1cc(C)c2c(C(F)(F)F)cccc2n1. The van der Waals surface area contributed by atoms with Gasteiger partial charge in [-0.25, -0.2) is 0 Å². The number of rotatable bonds is 3. The van der Waals surface area contributed by atoms with Gasteiger partial charge in [0.15, 0.2) is 0 Å². The van der Waals surface area contributed by atoms with Gasteiger partial charge in [-0.05, 0) is 30.7 Å². The smallest absolute Gasteiger partial charge is 0.417 e. The van der Waals surface area contributed by atoms with Crippen LogP contribution in [-0.2, 0) is 22.1 Å². The molecular formula is C15H14F3NO2. The molecule has 1 aromatic carbocycles. The lowest BCUT2D eigenvalue weighted by molar-refractivity contribution is -0.140. The summed E-state index contributed by atoms with van der Waals surface area (Å²) < 4.78 is 43.6. The van der Waals surface area contributed by atoms with Crippen molar-refractivity contribution in [2.75, 3.05) is 7.11 Å². The van der Waals surface area contributed by atoms with Crippen molar-refractivity contribution < 1.29 is 22.7 Å². The Morgan fingerprint density at radius 3 is 2.67 bits per heavy atom. The van der Waals surface area contributed by atoms with E-state index < -0.39 is 11.7 Å². The summed E-state index contributed by atoms with van der Waals surface area (Å²) in [5, 5.41) is 0.104. The van der Waals surface area contributed by atoms with Crippen molar-refractivity contribution >= 4 is 16.9 Å². The fourth-order valence-electron chi connectivity index (χ4n) is 2.25. The molecular weight excluding hydrogens is 283 g/mol. The molecule has 2 rings (SSSR count). The number of alkyl halides is 3. The zero-order valence-electron chi connectivity index (χ0n) is 11.6. The molecule has 0 aliphatic rings. The Morgan fingerprint density at radius 1 is 1.33 bits per heavy atom. The van der Waals surface area contributed by atoms with E-state index in [1.165, 1.54) is 13.2 Å². The van der Waals surface area contributed by atoms with Crippen molar-refractivity contribution in [1.82, 2.24) is 4.98 Å². The maximum Gasteiger partial charge on any atom is 0.417 e. The zero-order valence-corrected chi connectivity index (χ0v) is 11.6. The standard InChI is InChI=1S/C15H14F3NO2/c1-9-8-10(6-7-13(20)21-2)19-12-5-3-4-11(14(9)12)15(16,17)18/h3-5,8H,6-7H2,1-2H3. The van der Waals surface area contributed by atoms with Gasteiger partial charge in [-0.2, -0.15) is 13.2 Å². The number of aryl methyl sites for hydroxylation is 2. The number of benzene rings is 1. The maximum atomic E-state index is 13.0. The van der Waals surface area contributed by atoms with Gasteiger partial charge < -0.3 is 4.74 Å². The summed E-state index contributed by atoms with van der Waals surface area (Å²) in [7, 11) is 1.29. The van der Waals surface area contributed by atoms with Crippen molar-refractivity contribution in [3.63, 3.8) is 0 Å². The van der Waals surface area contributed by atoms with E-state index in [-0.39, 0.29) is 23.3 Å². The number of methoxy groups -OCH3 is 1. The van der Waals surface area contributed by atoms with Gasteiger partial charge >= 0.3 is 12.1 Å². The monoisotopic (exact) mass is 297 g/mol. The highest BCUT2D eigenvalue weighted by Crippen LogP contribution is 2.35. The summed E-state index contributed by atoms with van der Waals surface area (Å²) in [5.74, 6) is -0.376. The van der Waals surface area contributed by atoms with Crippen LogP contribution in [0.5, 0.6) is 0 Å². The van der Waals surface area contributed by atoms with Gasteiger partial charge in [0.1, 0.15) is 0 Å². The highest BCUT2D eigenvalue weighted by molar-refractivity contribution is 5.86. The molecule has 0 aliphatic carbocycles. The molecule has 0 N–H and O–H groups in total. The molecule has 6 heteroatoms. The van der Waals surface area contributed by atoms with E-state index in [1.54, 1.807) is 19.1 Å². The first-order valence-corrected chi connectivity index (χ1v) is 6.36. The van der Waals surface area contributed by atoms with Crippen LogP contribution in [-0.4, -0.2) is 18.1 Å². The normalized spacial score (nSPS) is 11.7. The molecule has 0 aliphatic heterocycles. The maximum absolute atomic E-state index is 13.0. The minimum absolute atomic E-state index is 0.104. The van der Waals surface area contributed by atoms with Crippen LogP contribution >= 0.6 is 0 Å². The first kappa shape index (κ1) is 15.3. The number of carbonyl (C=O) groups is 1. The quantitative estimate of drug-likeness (QED) is 0.811. The van der Waals surface area contributed by atoms with E-state index in [0.29, 0.717) is 17.7 Å². The van der Waals surface area contributed by atoms with Gasteiger partial charge in [0.25, 0.3) is 0 Å². The molecule has 0 fully saturated rings. The Morgan fingerprint density at radius 2 is 2.05 bits per heavy atom. The number of pyridine rings is 1. The lowest BCUT2D eigenvalue weighted by atomic mass is 10.0. The van der Waals surface area contributed by atoms with E-state index in [4.69, 9.17) is 0 Å². The fourth-order valence-corrected chi connectivity index (χ4v) is 2.25. The van der Waals surface area contributed by atoms with E-state index in [1.807, 2.05) is 0 Å². The number of halogens is 3. The van der Waals surface area contributed by atoms with Gasteiger partial charge in [0, 0.05) is 17.5 Å². The van der Waals surface area contributed by atoms with Crippen LogP contribution in [0.2, 0.25) is 0 Å². The van der Waals surface area contributed by atoms with Crippen molar-refractivity contribution in [2.45, 2.75) is 25.9 Å². The Balaban J connectivity index is 2.46. The average Bonchev–Trinajstić information content (AvgIpc) is 2.43. The average molecular weight is 297 g/mol. The molecule has 2 aromatic rings. The Hall–Kier alpha value is -2.11. The van der Waals surface area contributed by atoms with Gasteiger partial charge in [-0.3, -0.25) is 9.78 Å². The molecule has 3 nitrogen and oxygen atoms in total. The van der Waals surface area contributed by atoms with E-state index in [0.717, 1.165) is 6.07 Å². The number of carbonyl (C=O) groups excluding carboxylic acids is 1. The molecule has 0 amide bonds. The van der Waals surface area contributed by atoms with E-state index in [9.17, 15) is 18.0 Å². The Labute approximate surface area is 119 Å². The molecule has 0 unspecified atom stereocenters. The number of esters is 1. The second-order valence-electron chi connectivity index (χ2n) is 4.70. The summed E-state index contributed by atoms with van der Waals surface area (Å²) in [6.07, 6.45) is -3.94. The number of hydrogen-bond donors (Lipinski definition) is 0. The van der Waals surface area contributed by atoms with Gasteiger partial charge in [-0.1, -0.05) is 6.07 Å². The molecule has 0 saturated heterocycles. The van der Waals surface area contributed by atoms with Gasteiger partial charge in [0.2, 0.25) is 0 Å². The predicted molar refractivity (Wildman–Crippen MR) is 71.8 cm³/mol. The topological polar surface area (TPSA) is 39.2 Å². The van der Waals surface area contributed by atoms with Crippen molar-refractivity contribution in [3.8, 4) is 0 Å². The van der Waals surface area contributed by atoms with Crippen LogP contribution in [0.25, 0.3) is 10.9 Å². The lowest BCUT2D eigenvalue weighted by Crippen LogP contribution is -2.08. The molecule has 1 aromatic heterocycles. The van der Waals surface area contributed by atoms with Crippen LogP contribution in [0.1, 0.15) is 23.2 Å². The largest absolute Gasteiger partial charge is 0.469 e. The third-order valence-electron chi connectivity index (χ3n) is 3.20. The number of ether oxygens (including phenoxy) is 1. The van der Waals surface area contributed by atoms with E-state index >= 15 is 0 Å². The van der Waals surface area contributed by atoms with Crippen LogP contribution in [0.3, 0.4) is 0 Å². The minimum atomic E-state index is -4.42. The van der Waals surface area contributed by atoms with Gasteiger partial charge in [-0.15, -0.1) is 0 Å². The number of aromatic nitrogens is 1. The third kappa shape index (κ3) is 3.32. The highest BCUT2D eigenvalue weighted by atomic mass is 19.4. The second kappa shape index (κ2) is 5.71. The van der Waals surface area contributed by atoms with Crippen LogP contribution in [0.4, 0.5) is 13.2 Å². The molecule has 0 bridgehead atoms. The fraction of sp³-hybridized carbons (Fsp3) is 0.333. The van der Waals surface area contributed by atoms with Crippen LogP contribution < -0.4 is 0 Å². The van der Waals surface area contributed by atoms with Crippen LogP contribution in [0, 0.1) is 6.92 Å². The Bertz CT molecular complexity index is 680. The minimum Gasteiger partial charge on any atom is -0.469 e. The summed E-state index contributed by atoms with van der Waals surface area (Å²) in [4.78, 5) is 15.3. The molecule has 0 radical (unpaired) electrons. The predicted octanol–water partition coefficient (Wildman–Crippen LogP) is 3.67. The highest BCUT2D eigenvalue weighted by Gasteiger charge is 2.33. The second-order valence-corrected chi connectivity index (χ2v) is 4.70. The molecule has 112 valence electrons. The molecule has 0 saturated carbocycles. The summed E-state index contributed by atoms with van der Waals surface area (Å²) in [6.45, 7) is 1.61. The van der Waals surface area contributed by atoms with Crippen molar-refractivity contribution in [1.29, 1.82) is 0 Å². The van der Waals surface area contributed by atoms with Gasteiger partial charge in [0.05, 0.1) is 24.6 Å². The lowest BCUT2D eigenvalue weighted by Gasteiger charge is -2.13. The first-order valence-electron chi connectivity index (χ1n) is 6.36. The van der Waals surface area contributed by atoms with Crippen molar-refractivity contribution in [3.05, 3.63) is 41.1 Å². The first-order chi connectivity index (χ1) is 9.82. The summed E-state index contributed by atoms with van der Waals surface area (Å²) >= 11 is 0. The number of fused-ring (bicyclic) bond motifs is 1. The third-order valence-corrected chi connectivity index (χ3v) is 3.20. The summed E-state index contributed by atoms with van der Waals surface area (Å²) in [6, 6.07) is 5.51. The van der Waals surface area contributed by atoms with E-state index in [2.05, 4.69) is 9.72 Å². The number of hydrogen-bond acceptors (Lipinski definition) is 3. The molecule has 0 atom stereocenters. The molecule has 21 heavy (non-hydrogen) atoms. The zero-order chi connectivity index (χ0) is 15.6. The number of nitrogens with zero attached hydrogens (tertiary/aromatic N) is 1.